The summed E-state index contributed by atoms with van der Waals surface area (Å²) in [6.07, 6.45) is 3.54. The van der Waals surface area contributed by atoms with Crippen LogP contribution in [0.1, 0.15) is 6.92 Å². The van der Waals surface area contributed by atoms with Gasteiger partial charge in [0.25, 0.3) is 0 Å². The summed E-state index contributed by atoms with van der Waals surface area (Å²) in [6.45, 7) is 2.23. The zero-order chi connectivity index (χ0) is 9.68. The van der Waals surface area contributed by atoms with Crippen molar-refractivity contribution in [1.82, 2.24) is 9.55 Å². The first-order valence-corrected chi connectivity index (χ1v) is 4.98. The fourth-order valence-electron chi connectivity index (χ4n) is 0.817. The SMILES string of the molecule is CCOC(=O)CSc1nccn1C. The van der Waals surface area contributed by atoms with E-state index in [0.29, 0.717) is 12.4 Å². The van der Waals surface area contributed by atoms with E-state index in [0.717, 1.165) is 5.16 Å². The van der Waals surface area contributed by atoms with Gasteiger partial charge in [0.15, 0.2) is 5.16 Å². The summed E-state index contributed by atoms with van der Waals surface area (Å²) in [6, 6.07) is 0. The Kier molecular flexibility index (Phi) is 3.82. The number of ether oxygens (including phenoxy) is 1. The largest absolute Gasteiger partial charge is 0.465 e. The molecule has 5 heteroatoms. The first kappa shape index (κ1) is 10.1. The number of imidazole rings is 1. The van der Waals surface area contributed by atoms with Gasteiger partial charge in [0.05, 0.1) is 12.4 Å². The van der Waals surface area contributed by atoms with Crippen LogP contribution in [0, 0.1) is 0 Å². The summed E-state index contributed by atoms with van der Waals surface area (Å²) >= 11 is 1.38. The molecule has 0 aliphatic rings. The lowest BCUT2D eigenvalue weighted by Crippen LogP contribution is -2.07. The fourth-order valence-corrected chi connectivity index (χ4v) is 1.55. The Balaban J connectivity index is 2.35. The molecule has 0 radical (unpaired) electrons. The van der Waals surface area contributed by atoms with Crippen LogP contribution < -0.4 is 0 Å². The molecule has 0 bridgehead atoms. The summed E-state index contributed by atoms with van der Waals surface area (Å²) in [5, 5.41) is 0.827. The highest BCUT2D eigenvalue weighted by molar-refractivity contribution is 7.99. The number of carbonyl (C=O) groups is 1. The van der Waals surface area contributed by atoms with Crippen molar-refractivity contribution >= 4 is 17.7 Å². The molecule has 0 saturated carbocycles. The van der Waals surface area contributed by atoms with Gasteiger partial charge in [-0.3, -0.25) is 4.79 Å². The number of aryl methyl sites for hydroxylation is 1. The number of thioether (sulfide) groups is 1. The van der Waals surface area contributed by atoms with Crippen molar-refractivity contribution < 1.29 is 9.53 Å². The van der Waals surface area contributed by atoms with Gasteiger partial charge in [-0.05, 0) is 6.92 Å². The van der Waals surface area contributed by atoms with Crippen LogP contribution in [0.4, 0.5) is 0 Å². The highest BCUT2D eigenvalue weighted by atomic mass is 32.2. The van der Waals surface area contributed by atoms with E-state index in [4.69, 9.17) is 4.74 Å². The van der Waals surface area contributed by atoms with Gasteiger partial charge in [0.1, 0.15) is 0 Å². The second-order valence-electron chi connectivity index (χ2n) is 2.41. The van der Waals surface area contributed by atoms with Crippen LogP contribution in [0.5, 0.6) is 0 Å². The minimum Gasteiger partial charge on any atom is -0.465 e. The summed E-state index contributed by atoms with van der Waals surface area (Å²) in [5.41, 5.74) is 0. The molecule has 0 amide bonds. The molecule has 1 rings (SSSR count). The van der Waals surface area contributed by atoms with Gasteiger partial charge >= 0.3 is 5.97 Å². The second-order valence-corrected chi connectivity index (χ2v) is 3.36. The number of carbonyl (C=O) groups excluding carboxylic acids is 1. The second kappa shape index (κ2) is 4.91. The van der Waals surface area contributed by atoms with Crippen molar-refractivity contribution in [3.63, 3.8) is 0 Å². The number of hydrogen-bond acceptors (Lipinski definition) is 4. The molecular weight excluding hydrogens is 188 g/mol. The molecule has 1 aromatic rings. The molecule has 72 valence electrons. The first-order valence-electron chi connectivity index (χ1n) is 3.99. The van der Waals surface area contributed by atoms with Gasteiger partial charge in [-0.15, -0.1) is 0 Å². The van der Waals surface area contributed by atoms with Crippen LogP contribution in [-0.2, 0) is 16.6 Å². The van der Waals surface area contributed by atoms with E-state index in [1.165, 1.54) is 11.8 Å². The molecule has 0 unspecified atom stereocenters. The van der Waals surface area contributed by atoms with Crippen LogP contribution in [0.2, 0.25) is 0 Å². The van der Waals surface area contributed by atoms with Crippen LogP contribution in [0.25, 0.3) is 0 Å². The maximum absolute atomic E-state index is 11.0. The first-order chi connectivity index (χ1) is 6.24. The summed E-state index contributed by atoms with van der Waals surface area (Å²) in [7, 11) is 1.89. The van der Waals surface area contributed by atoms with Crippen molar-refractivity contribution in [1.29, 1.82) is 0 Å². The Hall–Kier alpha value is -0.970. The van der Waals surface area contributed by atoms with Gasteiger partial charge in [-0.25, -0.2) is 4.98 Å². The van der Waals surface area contributed by atoms with Crippen molar-refractivity contribution in [3.8, 4) is 0 Å². The quantitative estimate of drug-likeness (QED) is 0.539. The molecule has 0 fully saturated rings. The molecule has 4 nitrogen and oxygen atoms in total. The molecule has 13 heavy (non-hydrogen) atoms. The van der Waals surface area contributed by atoms with E-state index in [1.807, 2.05) is 17.8 Å². The highest BCUT2D eigenvalue weighted by Gasteiger charge is 2.05. The number of aromatic nitrogens is 2. The maximum Gasteiger partial charge on any atom is 0.316 e. The number of rotatable bonds is 4. The maximum atomic E-state index is 11.0. The van der Waals surface area contributed by atoms with Gasteiger partial charge in [0.2, 0.25) is 0 Å². The Morgan fingerprint density at radius 2 is 2.54 bits per heavy atom. The molecule has 0 spiro atoms. The van der Waals surface area contributed by atoms with E-state index in [-0.39, 0.29) is 5.97 Å². The van der Waals surface area contributed by atoms with E-state index < -0.39 is 0 Å². The molecule has 0 aliphatic carbocycles. The van der Waals surface area contributed by atoms with Crippen LogP contribution in [-0.4, -0.2) is 27.9 Å². The zero-order valence-corrected chi connectivity index (χ0v) is 8.50. The van der Waals surface area contributed by atoms with Gasteiger partial charge in [-0.2, -0.15) is 0 Å². The van der Waals surface area contributed by atoms with Gasteiger partial charge in [-0.1, -0.05) is 11.8 Å². The normalized spacial score (nSPS) is 10.0. The molecule has 0 aliphatic heterocycles. The number of esters is 1. The molecule has 0 atom stereocenters. The smallest absolute Gasteiger partial charge is 0.316 e. The van der Waals surface area contributed by atoms with E-state index in [2.05, 4.69) is 4.98 Å². The summed E-state index contributed by atoms with van der Waals surface area (Å²) in [4.78, 5) is 15.0. The van der Waals surface area contributed by atoms with Gasteiger partial charge < -0.3 is 9.30 Å². The standard InChI is InChI=1S/C8H12N2O2S/c1-3-12-7(11)6-13-8-9-4-5-10(8)2/h4-5H,3,6H2,1-2H3. The average Bonchev–Trinajstić information content (AvgIpc) is 2.48. The minimum absolute atomic E-state index is 0.199. The Labute approximate surface area is 81.3 Å². The summed E-state index contributed by atoms with van der Waals surface area (Å²) in [5.74, 6) is 0.120. The van der Waals surface area contributed by atoms with Crippen molar-refractivity contribution in [2.24, 2.45) is 7.05 Å². The number of hydrogen-bond donors (Lipinski definition) is 0. The molecule has 0 N–H and O–H groups in total. The highest BCUT2D eigenvalue weighted by Crippen LogP contribution is 2.13. The van der Waals surface area contributed by atoms with Crippen LogP contribution >= 0.6 is 11.8 Å². The van der Waals surface area contributed by atoms with E-state index in [9.17, 15) is 4.79 Å². The van der Waals surface area contributed by atoms with Crippen LogP contribution in [0.15, 0.2) is 17.6 Å². The fraction of sp³-hybridized carbons (Fsp3) is 0.500. The van der Waals surface area contributed by atoms with E-state index in [1.54, 1.807) is 13.1 Å². The molecule has 0 saturated heterocycles. The lowest BCUT2D eigenvalue weighted by atomic mass is 10.8. The Bertz CT molecular complexity index is 285. The Morgan fingerprint density at radius 1 is 1.77 bits per heavy atom. The van der Waals surface area contributed by atoms with Crippen molar-refractivity contribution in [2.45, 2.75) is 12.1 Å². The molecule has 1 heterocycles. The predicted octanol–water partition coefficient (Wildman–Crippen LogP) is 1.08. The predicted molar refractivity (Wildman–Crippen MR) is 50.6 cm³/mol. The third-order valence-corrected chi connectivity index (χ3v) is 2.43. The zero-order valence-electron chi connectivity index (χ0n) is 7.69. The molecule has 0 aromatic carbocycles. The van der Waals surface area contributed by atoms with E-state index >= 15 is 0 Å². The van der Waals surface area contributed by atoms with Crippen molar-refractivity contribution in [2.75, 3.05) is 12.4 Å². The number of nitrogens with zero attached hydrogens (tertiary/aromatic N) is 2. The molecule has 1 aromatic heterocycles. The summed E-state index contributed by atoms with van der Waals surface area (Å²) < 4.78 is 6.65. The van der Waals surface area contributed by atoms with Gasteiger partial charge in [0, 0.05) is 19.4 Å². The lowest BCUT2D eigenvalue weighted by molar-refractivity contribution is -0.139. The third-order valence-electron chi connectivity index (χ3n) is 1.40. The third kappa shape index (κ3) is 3.10. The minimum atomic E-state index is -0.199. The Morgan fingerprint density at radius 3 is 3.08 bits per heavy atom. The average molecular weight is 200 g/mol. The topological polar surface area (TPSA) is 44.1 Å². The van der Waals surface area contributed by atoms with Crippen LogP contribution in [0.3, 0.4) is 0 Å². The monoisotopic (exact) mass is 200 g/mol. The van der Waals surface area contributed by atoms with Crippen molar-refractivity contribution in [3.05, 3.63) is 12.4 Å². The lowest BCUT2D eigenvalue weighted by Gasteiger charge is -2.01. The molecular formula is C8H12N2O2S.